The highest BCUT2D eigenvalue weighted by atomic mass is 79.9. The van der Waals surface area contributed by atoms with Gasteiger partial charge in [0.15, 0.2) is 0 Å². The number of benzene rings is 2. The molecule has 2 rings (SSSR count). The lowest BCUT2D eigenvalue weighted by Gasteiger charge is -2.19. The lowest BCUT2D eigenvalue weighted by atomic mass is 9.99. The Morgan fingerprint density at radius 3 is 2.52 bits per heavy atom. The zero-order chi connectivity index (χ0) is 15.4. The van der Waals surface area contributed by atoms with Crippen molar-refractivity contribution in [1.82, 2.24) is 5.32 Å². The molecule has 1 N–H and O–H groups in total. The molecule has 0 amide bonds. The molecular weight excluding hydrogens is 376 g/mol. The van der Waals surface area contributed by atoms with Crippen molar-refractivity contribution >= 4 is 39.1 Å². The van der Waals surface area contributed by atoms with E-state index in [0.717, 1.165) is 22.1 Å². The number of hydrogen-bond acceptors (Lipinski definition) is 1. The molecule has 0 aliphatic rings. The summed E-state index contributed by atoms with van der Waals surface area (Å²) >= 11 is 15.3. The van der Waals surface area contributed by atoms with Gasteiger partial charge in [-0.15, -0.1) is 0 Å². The standard InChI is InChI=1S/C16H15BrCl2FN/c1-2-21-16(11-4-5-12(17)14(19)9-11)8-10-3-6-13(18)15(20)7-10/h3-7,9,16,21H,2,8H2,1H3. The zero-order valence-corrected chi connectivity index (χ0v) is 14.6. The maximum absolute atomic E-state index is 13.6. The quantitative estimate of drug-likeness (QED) is 0.681. The highest BCUT2D eigenvalue weighted by molar-refractivity contribution is 9.10. The van der Waals surface area contributed by atoms with Crippen molar-refractivity contribution in [3.05, 3.63) is 67.9 Å². The molecule has 0 aliphatic carbocycles. The number of rotatable bonds is 5. The molecule has 2 aromatic rings. The molecule has 5 heteroatoms. The molecule has 0 aromatic heterocycles. The van der Waals surface area contributed by atoms with Gasteiger partial charge in [0.05, 0.1) is 10.0 Å². The average molecular weight is 391 g/mol. The van der Waals surface area contributed by atoms with Crippen LogP contribution in [0.5, 0.6) is 0 Å². The fourth-order valence-electron chi connectivity index (χ4n) is 2.19. The Labute approximate surface area is 142 Å². The monoisotopic (exact) mass is 389 g/mol. The van der Waals surface area contributed by atoms with Gasteiger partial charge in [-0.3, -0.25) is 0 Å². The van der Waals surface area contributed by atoms with Crippen LogP contribution in [-0.2, 0) is 6.42 Å². The summed E-state index contributed by atoms with van der Waals surface area (Å²) in [6, 6.07) is 10.8. The highest BCUT2D eigenvalue weighted by Crippen LogP contribution is 2.28. The number of halogens is 4. The van der Waals surface area contributed by atoms with Crippen LogP contribution in [-0.4, -0.2) is 6.54 Å². The third-order valence-corrected chi connectivity index (χ3v) is 4.76. The molecule has 1 atom stereocenters. The number of hydrogen-bond donors (Lipinski definition) is 1. The van der Waals surface area contributed by atoms with E-state index in [2.05, 4.69) is 21.2 Å². The predicted molar refractivity (Wildman–Crippen MR) is 90.7 cm³/mol. The lowest BCUT2D eigenvalue weighted by molar-refractivity contribution is 0.546. The summed E-state index contributed by atoms with van der Waals surface area (Å²) in [5, 5.41) is 4.21. The van der Waals surface area contributed by atoms with E-state index in [1.165, 1.54) is 6.07 Å². The summed E-state index contributed by atoms with van der Waals surface area (Å²) in [5.41, 5.74) is 1.96. The van der Waals surface area contributed by atoms with Gasteiger partial charge in [0, 0.05) is 10.5 Å². The van der Waals surface area contributed by atoms with Gasteiger partial charge in [-0.05, 0) is 64.3 Å². The van der Waals surface area contributed by atoms with Crippen molar-refractivity contribution in [2.75, 3.05) is 6.54 Å². The minimum atomic E-state index is -0.391. The summed E-state index contributed by atoms with van der Waals surface area (Å²) in [6.07, 6.45) is 0.667. The summed E-state index contributed by atoms with van der Waals surface area (Å²) in [4.78, 5) is 0. The van der Waals surface area contributed by atoms with Crippen LogP contribution in [0.2, 0.25) is 10.0 Å². The van der Waals surface area contributed by atoms with Gasteiger partial charge in [0.1, 0.15) is 5.82 Å². The van der Waals surface area contributed by atoms with Crippen LogP contribution >= 0.6 is 39.1 Å². The maximum Gasteiger partial charge on any atom is 0.142 e. The van der Waals surface area contributed by atoms with Crippen molar-refractivity contribution < 1.29 is 4.39 Å². The predicted octanol–water partition coefficient (Wildman–Crippen LogP) is 5.79. The second kappa shape index (κ2) is 7.59. The molecule has 112 valence electrons. The molecule has 21 heavy (non-hydrogen) atoms. The zero-order valence-electron chi connectivity index (χ0n) is 11.5. The minimum Gasteiger partial charge on any atom is -0.310 e. The molecule has 0 spiro atoms. The Bertz CT molecular complexity index is 634. The molecule has 0 fully saturated rings. The van der Waals surface area contributed by atoms with Crippen LogP contribution < -0.4 is 5.32 Å². The highest BCUT2D eigenvalue weighted by Gasteiger charge is 2.13. The van der Waals surface area contributed by atoms with Crippen LogP contribution in [0.4, 0.5) is 4.39 Å². The SMILES string of the molecule is CCNC(Cc1ccc(Cl)c(F)c1)c1ccc(Br)c(Cl)c1. The lowest BCUT2D eigenvalue weighted by Crippen LogP contribution is -2.23. The minimum absolute atomic E-state index is 0.0705. The van der Waals surface area contributed by atoms with Gasteiger partial charge in [0.2, 0.25) is 0 Å². The first-order chi connectivity index (χ1) is 10.0. The van der Waals surface area contributed by atoms with Crippen LogP contribution in [0.15, 0.2) is 40.9 Å². The van der Waals surface area contributed by atoms with E-state index >= 15 is 0 Å². The van der Waals surface area contributed by atoms with Gasteiger partial charge in [-0.1, -0.05) is 42.3 Å². The smallest absolute Gasteiger partial charge is 0.142 e. The van der Waals surface area contributed by atoms with Crippen LogP contribution in [0.3, 0.4) is 0 Å². The van der Waals surface area contributed by atoms with E-state index in [4.69, 9.17) is 23.2 Å². The first-order valence-electron chi connectivity index (χ1n) is 6.63. The molecular formula is C16H15BrCl2FN. The Kier molecular flexibility index (Phi) is 6.06. The number of likely N-dealkylation sites (N-methyl/N-ethyl adjacent to an activating group) is 1. The van der Waals surface area contributed by atoms with Crippen LogP contribution in [0.1, 0.15) is 24.1 Å². The fraction of sp³-hybridized carbons (Fsp3) is 0.250. The van der Waals surface area contributed by atoms with E-state index in [9.17, 15) is 4.39 Å². The van der Waals surface area contributed by atoms with E-state index in [0.29, 0.717) is 11.4 Å². The summed E-state index contributed by atoms with van der Waals surface area (Å²) in [6.45, 7) is 2.85. The van der Waals surface area contributed by atoms with E-state index in [1.807, 2.05) is 31.2 Å². The van der Waals surface area contributed by atoms with Crippen molar-refractivity contribution in [2.45, 2.75) is 19.4 Å². The normalized spacial score (nSPS) is 12.4. The summed E-state index contributed by atoms with van der Waals surface area (Å²) < 4.78 is 14.4. The first kappa shape index (κ1) is 16.8. The van der Waals surface area contributed by atoms with Gasteiger partial charge in [-0.25, -0.2) is 4.39 Å². The summed E-state index contributed by atoms with van der Waals surface area (Å²) in [5.74, 6) is -0.391. The van der Waals surface area contributed by atoms with Crippen molar-refractivity contribution in [3.63, 3.8) is 0 Å². The van der Waals surface area contributed by atoms with Gasteiger partial charge in [-0.2, -0.15) is 0 Å². The van der Waals surface area contributed by atoms with Crippen LogP contribution in [0, 0.1) is 5.82 Å². The van der Waals surface area contributed by atoms with E-state index < -0.39 is 5.82 Å². The molecule has 0 heterocycles. The topological polar surface area (TPSA) is 12.0 Å². The van der Waals surface area contributed by atoms with E-state index in [1.54, 1.807) is 6.07 Å². The molecule has 0 radical (unpaired) electrons. The van der Waals surface area contributed by atoms with Crippen molar-refractivity contribution in [1.29, 1.82) is 0 Å². The van der Waals surface area contributed by atoms with Gasteiger partial charge >= 0.3 is 0 Å². The third-order valence-electron chi connectivity index (χ3n) is 3.22. The molecule has 0 saturated heterocycles. The number of nitrogens with one attached hydrogen (secondary N) is 1. The van der Waals surface area contributed by atoms with Crippen LogP contribution in [0.25, 0.3) is 0 Å². The second-order valence-electron chi connectivity index (χ2n) is 4.74. The molecule has 0 saturated carbocycles. The Morgan fingerprint density at radius 1 is 1.14 bits per heavy atom. The largest absolute Gasteiger partial charge is 0.310 e. The van der Waals surface area contributed by atoms with Gasteiger partial charge in [0.25, 0.3) is 0 Å². The molecule has 1 nitrogen and oxygen atoms in total. The Morgan fingerprint density at radius 2 is 1.90 bits per heavy atom. The van der Waals surface area contributed by atoms with E-state index in [-0.39, 0.29) is 11.1 Å². The maximum atomic E-state index is 13.6. The Balaban J connectivity index is 2.25. The van der Waals surface area contributed by atoms with Crippen molar-refractivity contribution in [3.8, 4) is 0 Å². The second-order valence-corrected chi connectivity index (χ2v) is 6.41. The van der Waals surface area contributed by atoms with Gasteiger partial charge < -0.3 is 5.32 Å². The molecule has 1 unspecified atom stereocenters. The summed E-state index contributed by atoms with van der Waals surface area (Å²) in [7, 11) is 0. The first-order valence-corrected chi connectivity index (χ1v) is 8.18. The van der Waals surface area contributed by atoms with Crippen molar-refractivity contribution in [2.24, 2.45) is 0 Å². The third kappa shape index (κ3) is 4.43. The molecule has 2 aromatic carbocycles. The average Bonchev–Trinajstić information content (AvgIpc) is 2.45. The molecule has 0 bridgehead atoms. The molecule has 0 aliphatic heterocycles. The Hall–Kier alpha value is -0.610. The fourth-order valence-corrected chi connectivity index (χ4v) is 2.74.